The molecular formula is C18H19N5O4S. The summed E-state index contributed by atoms with van der Waals surface area (Å²) in [4.78, 5) is 52.5. The highest BCUT2D eigenvalue weighted by Crippen LogP contribution is 2.24. The Morgan fingerprint density at radius 1 is 1.18 bits per heavy atom. The van der Waals surface area contributed by atoms with E-state index in [1.807, 2.05) is 18.2 Å². The maximum absolute atomic E-state index is 12.4. The van der Waals surface area contributed by atoms with Crippen molar-refractivity contribution in [2.45, 2.75) is 26.3 Å². The quantitative estimate of drug-likeness (QED) is 0.608. The van der Waals surface area contributed by atoms with Crippen LogP contribution in [0.15, 0.2) is 30.3 Å². The van der Waals surface area contributed by atoms with Crippen LogP contribution in [0.3, 0.4) is 0 Å². The third kappa shape index (κ3) is 4.52. The summed E-state index contributed by atoms with van der Waals surface area (Å²) in [5.41, 5.74) is 1.15. The highest BCUT2D eigenvalue weighted by atomic mass is 32.1. The Balaban J connectivity index is 1.63. The van der Waals surface area contributed by atoms with Crippen LogP contribution >= 0.6 is 11.3 Å². The number of aromatic nitrogens is 1. The molecule has 2 unspecified atom stereocenters. The van der Waals surface area contributed by atoms with Gasteiger partial charge in [0.05, 0.1) is 11.6 Å². The molecule has 1 aromatic carbocycles. The van der Waals surface area contributed by atoms with E-state index in [2.05, 4.69) is 26.3 Å². The van der Waals surface area contributed by atoms with E-state index in [-0.39, 0.29) is 17.5 Å². The predicted octanol–water partition coefficient (Wildman–Crippen LogP) is 1.88. The molecule has 0 saturated carbocycles. The lowest BCUT2D eigenvalue weighted by molar-refractivity contribution is -0.129. The Bertz CT molecular complexity index is 927. The van der Waals surface area contributed by atoms with Crippen LogP contribution in [-0.2, 0) is 9.59 Å². The molecule has 10 heteroatoms. The molecular weight excluding hydrogens is 382 g/mol. The van der Waals surface area contributed by atoms with E-state index in [1.54, 1.807) is 26.0 Å². The Morgan fingerprint density at radius 2 is 1.89 bits per heavy atom. The molecule has 5 amide bonds. The van der Waals surface area contributed by atoms with E-state index in [9.17, 15) is 19.2 Å². The molecule has 1 fully saturated rings. The number of amides is 5. The van der Waals surface area contributed by atoms with Gasteiger partial charge >= 0.3 is 6.03 Å². The van der Waals surface area contributed by atoms with E-state index in [1.165, 1.54) is 0 Å². The topological polar surface area (TPSA) is 129 Å². The molecule has 2 atom stereocenters. The minimum absolute atomic E-state index is 0.114. The molecule has 3 rings (SSSR count). The summed E-state index contributed by atoms with van der Waals surface area (Å²) in [6, 6.07) is 7.98. The van der Waals surface area contributed by atoms with E-state index in [0.29, 0.717) is 16.3 Å². The number of rotatable bonds is 5. The van der Waals surface area contributed by atoms with Gasteiger partial charge in [-0.15, -0.1) is 0 Å². The standard InChI is InChI=1S/C18H19N5O4S/c1-9-12(15(25)23-17(27)19-9)8-13(24)22-18-20-10(2)14(28-18)16(26)21-11-6-4-3-5-7-11/h3-7,9,12H,8H2,1-2H3,(H,21,26)(H,20,22,24)(H2,19,23,25,27). The second-order valence-electron chi connectivity index (χ2n) is 6.36. The van der Waals surface area contributed by atoms with Gasteiger partial charge in [-0.1, -0.05) is 29.5 Å². The van der Waals surface area contributed by atoms with Gasteiger partial charge in [-0.2, -0.15) is 0 Å². The first-order chi connectivity index (χ1) is 13.3. The number of anilines is 2. The lowest BCUT2D eigenvalue weighted by Gasteiger charge is -2.28. The van der Waals surface area contributed by atoms with Crippen LogP contribution in [0.4, 0.5) is 15.6 Å². The number of nitrogens with zero attached hydrogens (tertiary/aromatic N) is 1. The zero-order valence-electron chi connectivity index (χ0n) is 15.2. The average Bonchev–Trinajstić information content (AvgIpc) is 2.99. The van der Waals surface area contributed by atoms with Crippen LogP contribution in [-0.4, -0.2) is 34.8 Å². The first-order valence-electron chi connectivity index (χ1n) is 8.58. The zero-order chi connectivity index (χ0) is 20.3. The summed E-state index contributed by atoms with van der Waals surface area (Å²) in [7, 11) is 0. The number of nitrogens with one attached hydrogen (secondary N) is 4. The molecule has 0 bridgehead atoms. The second kappa shape index (κ2) is 8.17. The summed E-state index contributed by atoms with van der Waals surface area (Å²) in [5.74, 6) is -1.92. The van der Waals surface area contributed by atoms with Gasteiger partial charge in [0.2, 0.25) is 11.8 Å². The van der Waals surface area contributed by atoms with Gasteiger partial charge in [0.15, 0.2) is 5.13 Å². The normalized spacial score (nSPS) is 18.8. The molecule has 9 nitrogen and oxygen atoms in total. The Hall–Kier alpha value is -3.27. The molecule has 1 aromatic heterocycles. The number of urea groups is 1. The fraction of sp³-hybridized carbons (Fsp3) is 0.278. The predicted molar refractivity (Wildman–Crippen MR) is 104 cm³/mol. The van der Waals surface area contributed by atoms with Crippen LogP contribution in [0.2, 0.25) is 0 Å². The van der Waals surface area contributed by atoms with Gasteiger partial charge in [0.1, 0.15) is 4.88 Å². The summed E-state index contributed by atoms with van der Waals surface area (Å²) in [6.07, 6.45) is -0.114. The third-order valence-corrected chi connectivity index (χ3v) is 5.29. The number of carbonyl (C=O) groups excluding carboxylic acids is 4. The van der Waals surface area contributed by atoms with E-state index >= 15 is 0 Å². The van der Waals surface area contributed by atoms with Crippen molar-refractivity contribution in [2.75, 3.05) is 10.6 Å². The maximum atomic E-state index is 12.4. The fourth-order valence-corrected chi connectivity index (χ4v) is 3.66. The lowest BCUT2D eigenvalue weighted by atomic mass is 9.94. The van der Waals surface area contributed by atoms with Crippen molar-refractivity contribution in [3.63, 3.8) is 0 Å². The molecule has 0 radical (unpaired) electrons. The second-order valence-corrected chi connectivity index (χ2v) is 7.36. The van der Waals surface area contributed by atoms with E-state index in [4.69, 9.17) is 0 Å². The number of thiazole rings is 1. The van der Waals surface area contributed by atoms with Crippen LogP contribution in [0.1, 0.15) is 28.7 Å². The summed E-state index contributed by atoms with van der Waals surface area (Å²) >= 11 is 1.05. The minimum atomic E-state index is -0.681. The first-order valence-corrected chi connectivity index (χ1v) is 9.40. The van der Waals surface area contributed by atoms with Crippen molar-refractivity contribution in [1.82, 2.24) is 15.6 Å². The smallest absolute Gasteiger partial charge is 0.321 e. The third-order valence-electron chi connectivity index (χ3n) is 4.22. The lowest BCUT2D eigenvalue weighted by Crippen LogP contribution is -2.57. The van der Waals surface area contributed by atoms with Gasteiger partial charge in [-0.3, -0.25) is 19.7 Å². The molecule has 0 spiro atoms. The molecule has 1 saturated heterocycles. The van der Waals surface area contributed by atoms with E-state index < -0.39 is 29.8 Å². The summed E-state index contributed by atoms with van der Waals surface area (Å²) in [5, 5.41) is 10.4. The minimum Gasteiger partial charge on any atom is -0.335 e. The average molecular weight is 401 g/mol. The Labute approximate surface area is 164 Å². The molecule has 2 aromatic rings. The molecule has 1 aliphatic heterocycles. The number of hydrogen-bond donors (Lipinski definition) is 4. The Morgan fingerprint density at radius 3 is 2.57 bits per heavy atom. The fourth-order valence-electron chi connectivity index (χ4n) is 2.78. The number of aryl methyl sites for hydroxylation is 1. The number of para-hydroxylation sites is 1. The van der Waals surface area contributed by atoms with Gasteiger partial charge < -0.3 is 16.0 Å². The molecule has 146 valence electrons. The summed E-state index contributed by atoms with van der Waals surface area (Å²) in [6.45, 7) is 3.34. The highest BCUT2D eigenvalue weighted by Gasteiger charge is 2.34. The number of benzene rings is 1. The van der Waals surface area contributed by atoms with Gasteiger partial charge in [-0.05, 0) is 26.0 Å². The number of hydrogen-bond acceptors (Lipinski definition) is 6. The van der Waals surface area contributed by atoms with E-state index in [0.717, 1.165) is 11.3 Å². The van der Waals surface area contributed by atoms with Crippen molar-refractivity contribution >= 4 is 45.9 Å². The van der Waals surface area contributed by atoms with Crippen molar-refractivity contribution < 1.29 is 19.2 Å². The van der Waals surface area contributed by atoms with Crippen molar-refractivity contribution in [1.29, 1.82) is 0 Å². The van der Waals surface area contributed by atoms with Crippen molar-refractivity contribution in [3.8, 4) is 0 Å². The van der Waals surface area contributed by atoms with Crippen molar-refractivity contribution in [3.05, 3.63) is 40.9 Å². The number of carbonyl (C=O) groups is 4. The van der Waals surface area contributed by atoms with Crippen LogP contribution in [0.5, 0.6) is 0 Å². The zero-order valence-corrected chi connectivity index (χ0v) is 16.1. The highest BCUT2D eigenvalue weighted by molar-refractivity contribution is 7.17. The Kier molecular flexibility index (Phi) is 5.69. The molecule has 4 N–H and O–H groups in total. The SMILES string of the molecule is Cc1nc(NC(=O)CC2C(=O)NC(=O)NC2C)sc1C(=O)Nc1ccccc1. The van der Waals surface area contributed by atoms with Crippen LogP contribution in [0, 0.1) is 12.8 Å². The van der Waals surface area contributed by atoms with Gasteiger partial charge in [0.25, 0.3) is 5.91 Å². The summed E-state index contributed by atoms with van der Waals surface area (Å²) < 4.78 is 0. The molecule has 2 heterocycles. The molecule has 1 aliphatic rings. The van der Waals surface area contributed by atoms with Crippen LogP contribution < -0.4 is 21.3 Å². The largest absolute Gasteiger partial charge is 0.335 e. The monoisotopic (exact) mass is 401 g/mol. The maximum Gasteiger partial charge on any atom is 0.321 e. The molecule has 0 aliphatic carbocycles. The number of imide groups is 1. The molecule has 28 heavy (non-hydrogen) atoms. The van der Waals surface area contributed by atoms with Crippen molar-refractivity contribution in [2.24, 2.45) is 5.92 Å². The van der Waals surface area contributed by atoms with Gasteiger partial charge in [0, 0.05) is 18.2 Å². The van der Waals surface area contributed by atoms with Gasteiger partial charge in [-0.25, -0.2) is 9.78 Å². The first kappa shape index (κ1) is 19.5. The van der Waals surface area contributed by atoms with Crippen LogP contribution in [0.25, 0.3) is 0 Å².